The molecule has 0 amide bonds. The third-order valence-corrected chi connectivity index (χ3v) is 3.44. The van der Waals surface area contributed by atoms with Gasteiger partial charge in [0.25, 0.3) is 0 Å². The van der Waals surface area contributed by atoms with E-state index in [1.807, 2.05) is 32.0 Å². The second-order valence-corrected chi connectivity index (χ2v) is 4.73. The van der Waals surface area contributed by atoms with Gasteiger partial charge in [0.15, 0.2) is 0 Å². The van der Waals surface area contributed by atoms with Crippen molar-refractivity contribution in [2.75, 3.05) is 0 Å². The minimum Gasteiger partial charge on any atom is -0.457 e. The first-order valence-corrected chi connectivity index (χ1v) is 6.47. The molecule has 0 bridgehead atoms. The lowest BCUT2D eigenvalue weighted by Gasteiger charge is -2.10. The second-order valence-electron chi connectivity index (χ2n) is 4.09. The van der Waals surface area contributed by atoms with E-state index in [1.165, 1.54) is 0 Å². The molecule has 2 rings (SSSR count). The molecule has 1 heterocycles. The monoisotopic (exact) mass is 281 g/mol. The van der Waals surface area contributed by atoms with Gasteiger partial charge in [0.05, 0.1) is 11.6 Å². The van der Waals surface area contributed by atoms with Gasteiger partial charge in [0.1, 0.15) is 11.5 Å². The maximum atomic E-state index is 6.12. The molecule has 0 aliphatic carbocycles. The normalized spacial score (nSPS) is 10.4. The van der Waals surface area contributed by atoms with Crippen molar-refractivity contribution in [2.24, 2.45) is 0 Å². The Kier molecular flexibility index (Phi) is 4.10. The molecule has 0 radical (unpaired) electrons. The van der Waals surface area contributed by atoms with Crippen LogP contribution < -0.4 is 4.74 Å². The highest BCUT2D eigenvalue weighted by atomic mass is 35.5. The van der Waals surface area contributed by atoms with Gasteiger partial charge in [-0.2, -0.15) is 0 Å². The van der Waals surface area contributed by atoms with E-state index in [1.54, 1.807) is 12.3 Å². The summed E-state index contributed by atoms with van der Waals surface area (Å²) in [6.07, 6.45) is 1.68. The summed E-state index contributed by atoms with van der Waals surface area (Å²) in [5.74, 6) is 1.86. The van der Waals surface area contributed by atoms with E-state index in [9.17, 15) is 0 Å². The molecule has 0 saturated heterocycles. The molecule has 2 aromatic rings. The predicted octanol–water partition coefficient (Wildman–Crippen LogP) is 4.88. The summed E-state index contributed by atoms with van der Waals surface area (Å²) < 4.78 is 5.78. The number of rotatable bonds is 3. The number of hydrogen-bond donors (Lipinski definition) is 0. The van der Waals surface area contributed by atoms with Crippen LogP contribution in [0.15, 0.2) is 30.5 Å². The summed E-state index contributed by atoms with van der Waals surface area (Å²) in [5, 5.41) is 0.776. The fraction of sp³-hybridized carbons (Fsp3) is 0.214. The lowest BCUT2D eigenvalue weighted by molar-refractivity contribution is 0.480. The van der Waals surface area contributed by atoms with Crippen molar-refractivity contribution in [3.63, 3.8) is 0 Å². The zero-order valence-corrected chi connectivity index (χ0v) is 11.7. The molecule has 0 saturated carbocycles. The molecule has 0 aliphatic rings. The average molecular weight is 282 g/mol. The summed E-state index contributed by atoms with van der Waals surface area (Å²) in [6.45, 7) is 3.91. The summed E-state index contributed by atoms with van der Waals surface area (Å²) in [4.78, 5) is 4.12. The van der Waals surface area contributed by atoms with E-state index >= 15 is 0 Å². The summed E-state index contributed by atoms with van der Waals surface area (Å²) in [5.41, 5.74) is 2.79. The number of aryl methyl sites for hydroxylation is 2. The van der Waals surface area contributed by atoms with Gasteiger partial charge in [-0.05, 0) is 43.2 Å². The topological polar surface area (TPSA) is 22.1 Å². The van der Waals surface area contributed by atoms with Crippen LogP contribution in [0.1, 0.15) is 16.8 Å². The summed E-state index contributed by atoms with van der Waals surface area (Å²) in [6, 6.07) is 7.45. The third-order valence-electron chi connectivity index (χ3n) is 2.57. The molecule has 0 fully saturated rings. The van der Waals surface area contributed by atoms with Crippen LogP contribution in [0.4, 0.5) is 0 Å². The Morgan fingerprint density at radius 3 is 2.39 bits per heavy atom. The van der Waals surface area contributed by atoms with Gasteiger partial charge < -0.3 is 4.74 Å². The molecule has 0 unspecified atom stereocenters. The van der Waals surface area contributed by atoms with Crippen LogP contribution in [0, 0.1) is 13.8 Å². The molecule has 94 valence electrons. The largest absolute Gasteiger partial charge is 0.457 e. The quantitative estimate of drug-likeness (QED) is 0.748. The zero-order valence-electron chi connectivity index (χ0n) is 10.2. The van der Waals surface area contributed by atoms with Crippen LogP contribution >= 0.6 is 23.2 Å². The van der Waals surface area contributed by atoms with Crippen LogP contribution in [0.3, 0.4) is 0 Å². The number of nitrogens with zero attached hydrogens (tertiary/aromatic N) is 1. The van der Waals surface area contributed by atoms with E-state index in [4.69, 9.17) is 27.9 Å². The van der Waals surface area contributed by atoms with Gasteiger partial charge in [-0.1, -0.05) is 11.6 Å². The Morgan fingerprint density at radius 2 is 1.78 bits per heavy atom. The molecular weight excluding hydrogens is 269 g/mol. The van der Waals surface area contributed by atoms with Crippen LogP contribution in [0.25, 0.3) is 0 Å². The van der Waals surface area contributed by atoms with Crippen LogP contribution in [-0.4, -0.2) is 4.98 Å². The summed E-state index contributed by atoms with van der Waals surface area (Å²) >= 11 is 11.9. The summed E-state index contributed by atoms with van der Waals surface area (Å²) in [7, 11) is 0. The molecule has 4 heteroatoms. The first kappa shape index (κ1) is 13.2. The Labute approximate surface area is 117 Å². The highest BCUT2D eigenvalue weighted by Crippen LogP contribution is 2.29. The van der Waals surface area contributed by atoms with Crippen molar-refractivity contribution >= 4 is 23.2 Å². The number of ether oxygens (including phenoxy) is 1. The molecule has 2 nitrogen and oxygen atoms in total. The number of hydrogen-bond acceptors (Lipinski definition) is 2. The Bertz CT molecular complexity index is 546. The van der Waals surface area contributed by atoms with Crippen molar-refractivity contribution in [3.05, 3.63) is 52.3 Å². The zero-order chi connectivity index (χ0) is 13.1. The highest BCUT2D eigenvalue weighted by molar-refractivity contribution is 6.32. The maximum Gasteiger partial charge on any atom is 0.130 e. The first-order valence-electron chi connectivity index (χ1n) is 5.55. The van der Waals surface area contributed by atoms with Gasteiger partial charge in [0.2, 0.25) is 0 Å². The minimum atomic E-state index is 0.371. The standard InChI is InChI=1S/C14H13Cl2NO/c1-9-5-13(6-10(2)14(9)16)18-12-3-4-17-11(7-12)8-15/h3-7H,8H2,1-2H3. The molecule has 0 atom stereocenters. The predicted molar refractivity (Wildman–Crippen MR) is 74.8 cm³/mol. The van der Waals surface area contributed by atoms with Gasteiger partial charge in [-0.25, -0.2) is 0 Å². The number of aromatic nitrogens is 1. The van der Waals surface area contributed by atoms with E-state index in [-0.39, 0.29) is 0 Å². The van der Waals surface area contributed by atoms with Gasteiger partial charge in [-0.3, -0.25) is 4.98 Å². The first-order chi connectivity index (χ1) is 8.60. The van der Waals surface area contributed by atoms with E-state index in [0.29, 0.717) is 5.88 Å². The molecule has 18 heavy (non-hydrogen) atoms. The Morgan fingerprint density at radius 1 is 1.11 bits per heavy atom. The van der Waals surface area contributed by atoms with E-state index in [0.717, 1.165) is 33.3 Å². The Balaban J connectivity index is 2.28. The van der Waals surface area contributed by atoms with Crippen LogP contribution in [-0.2, 0) is 5.88 Å². The van der Waals surface area contributed by atoms with Crippen molar-refractivity contribution in [3.8, 4) is 11.5 Å². The molecule has 0 N–H and O–H groups in total. The minimum absolute atomic E-state index is 0.371. The highest BCUT2D eigenvalue weighted by Gasteiger charge is 2.05. The molecule has 0 aliphatic heterocycles. The number of alkyl halides is 1. The van der Waals surface area contributed by atoms with Gasteiger partial charge in [-0.15, -0.1) is 11.6 Å². The Hall–Kier alpha value is -1.25. The van der Waals surface area contributed by atoms with Crippen molar-refractivity contribution in [2.45, 2.75) is 19.7 Å². The number of halogens is 2. The molecule has 1 aromatic heterocycles. The SMILES string of the molecule is Cc1cc(Oc2ccnc(CCl)c2)cc(C)c1Cl. The van der Waals surface area contributed by atoms with Crippen LogP contribution in [0.2, 0.25) is 5.02 Å². The number of benzene rings is 1. The smallest absolute Gasteiger partial charge is 0.130 e. The molecule has 0 spiro atoms. The van der Waals surface area contributed by atoms with Crippen molar-refractivity contribution in [1.82, 2.24) is 4.98 Å². The van der Waals surface area contributed by atoms with E-state index < -0.39 is 0 Å². The second kappa shape index (κ2) is 5.59. The van der Waals surface area contributed by atoms with E-state index in [2.05, 4.69) is 4.98 Å². The average Bonchev–Trinajstić information content (AvgIpc) is 2.36. The lowest BCUT2D eigenvalue weighted by Crippen LogP contribution is -1.90. The maximum absolute atomic E-state index is 6.12. The van der Waals surface area contributed by atoms with Crippen molar-refractivity contribution in [1.29, 1.82) is 0 Å². The van der Waals surface area contributed by atoms with Crippen LogP contribution in [0.5, 0.6) is 11.5 Å². The number of pyridine rings is 1. The fourth-order valence-electron chi connectivity index (χ4n) is 1.69. The van der Waals surface area contributed by atoms with Gasteiger partial charge in [0, 0.05) is 17.3 Å². The van der Waals surface area contributed by atoms with Crippen molar-refractivity contribution < 1.29 is 4.74 Å². The molecular formula is C14H13Cl2NO. The fourth-order valence-corrected chi connectivity index (χ4v) is 1.95. The molecule has 1 aromatic carbocycles. The lowest BCUT2D eigenvalue weighted by atomic mass is 10.1. The van der Waals surface area contributed by atoms with Gasteiger partial charge >= 0.3 is 0 Å². The third kappa shape index (κ3) is 2.95.